The zero-order valence-electron chi connectivity index (χ0n) is 14.6. The summed E-state index contributed by atoms with van der Waals surface area (Å²) >= 11 is 1.79. The summed E-state index contributed by atoms with van der Waals surface area (Å²) in [6.45, 7) is 7.40. The molecule has 0 bridgehead atoms. The molecule has 0 saturated carbocycles. The molecule has 1 aliphatic carbocycles. The third kappa shape index (κ3) is 3.70. The molecule has 4 heteroatoms. The molecule has 0 spiro atoms. The number of nitrogens with zero attached hydrogens (tertiary/aromatic N) is 1. The van der Waals surface area contributed by atoms with E-state index in [1.807, 2.05) is 30.3 Å². The molecule has 0 aliphatic heterocycles. The maximum absolute atomic E-state index is 12.6. The van der Waals surface area contributed by atoms with Gasteiger partial charge in [0.15, 0.2) is 0 Å². The van der Waals surface area contributed by atoms with Gasteiger partial charge in [-0.25, -0.2) is 0 Å². The van der Waals surface area contributed by atoms with Crippen molar-refractivity contribution in [3.8, 4) is 0 Å². The number of anilines is 1. The lowest BCUT2D eigenvalue weighted by atomic mass is 9.95. The minimum atomic E-state index is -0.00464. The highest BCUT2D eigenvalue weighted by atomic mass is 32.1. The smallest absolute Gasteiger partial charge is 0.256 e. The molecule has 1 amide bonds. The average Bonchev–Trinajstić information content (AvgIpc) is 2.97. The highest BCUT2D eigenvalue weighted by Gasteiger charge is 2.23. The molecule has 0 saturated heterocycles. The Kier molecular flexibility index (Phi) is 5.69. The molecule has 0 unspecified atom stereocenters. The maximum atomic E-state index is 12.6. The van der Waals surface area contributed by atoms with E-state index in [-0.39, 0.29) is 5.91 Å². The molecule has 128 valence electrons. The van der Waals surface area contributed by atoms with Gasteiger partial charge >= 0.3 is 0 Å². The number of hydrogen-bond donors (Lipinski definition) is 1. The van der Waals surface area contributed by atoms with Crippen LogP contribution >= 0.6 is 11.3 Å². The normalized spacial score (nSPS) is 13.8. The Balaban J connectivity index is 1.88. The second-order valence-electron chi connectivity index (χ2n) is 6.30. The van der Waals surface area contributed by atoms with Gasteiger partial charge in [0.1, 0.15) is 5.00 Å². The Morgan fingerprint density at radius 1 is 1.12 bits per heavy atom. The first-order valence-electron chi connectivity index (χ1n) is 8.95. The van der Waals surface area contributed by atoms with Crippen LogP contribution in [0.3, 0.4) is 0 Å². The van der Waals surface area contributed by atoms with E-state index in [4.69, 9.17) is 0 Å². The van der Waals surface area contributed by atoms with Crippen molar-refractivity contribution in [2.45, 2.75) is 46.1 Å². The van der Waals surface area contributed by atoms with Crippen LogP contribution < -0.4 is 5.32 Å². The highest BCUT2D eigenvalue weighted by molar-refractivity contribution is 7.16. The maximum Gasteiger partial charge on any atom is 0.256 e. The standard InChI is InChI=1S/C20H26N2OS/c1-3-22(4-2)14-17-16-12-8-9-13-18(16)24-20(17)21-19(23)15-10-6-5-7-11-15/h5-7,10-11H,3-4,8-9,12-14H2,1-2H3,(H,21,23). The summed E-state index contributed by atoms with van der Waals surface area (Å²) in [7, 11) is 0. The number of benzene rings is 1. The lowest BCUT2D eigenvalue weighted by Gasteiger charge is -2.21. The molecular formula is C20H26N2OS. The van der Waals surface area contributed by atoms with Crippen molar-refractivity contribution in [3.63, 3.8) is 0 Å². The van der Waals surface area contributed by atoms with E-state index in [0.29, 0.717) is 0 Å². The van der Waals surface area contributed by atoms with Crippen LogP contribution in [0.1, 0.15) is 53.1 Å². The number of fused-ring (bicyclic) bond motifs is 1. The summed E-state index contributed by atoms with van der Waals surface area (Å²) in [6.07, 6.45) is 4.85. The summed E-state index contributed by atoms with van der Waals surface area (Å²) in [5, 5.41) is 4.25. The van der Waals surface area contributed by atoms with E-state index < -0.39 is 0 Å². The number of nitrogens with one attached hydrogen (secondary N) is 1. The molecule has 3 rings (SSSR count). The number of carbonyl (C=O) groups excluding carboxylic acids is 1. The number of rotatable bonds is 6. The summed E-state index contributed by atoms with van der Waals surface area (Å²) in [5.41, 5.74) is 3.57. The monoisotopic (exact) mass is 342 g/mol. The minimum absolute atomic E-state index is 0.00464. The number of hydrogen-bond acceptors (Lipinski definition) is 3. The first-order chi connectivity index (χ1) is 11.7. The molecule has 1 aromatic carbocycles. The van der Waals surface area contributed by atoms with Crippen LogP contribution in [0.15, 0.2) is 30.3 Å². The van der Waals surface area contributed by atoms with Crippen LogP contribution in [0.5, 0.6) is 0 Å². The molecule has 0 atom stereocenters. The van der Waals surface area contributed by atoms with Gasteiger partial charge in [-0.15, -0.1) is 11.3 Å². The van der Waals surface area contributed by atoms with Crippen molar-refractivity contribution in [2.24, 2.45) is 0 Å². The second kappa shape index (κ2) is 7.95. The fraction of sp³-hybridized carbons (Fsp3) is 0.450. The molecule has 3 nitrogen and oxygen atoms in total. The van der Waals surface area contributed by atoms with Crippen LogP contribution in [0, 0.1) is 0 Å². The van der Waals surface area contributed by atoms with Crippen molar-refractivity contribution >= 4 is 22.2 Å². The van der Waals surface area contributed by atoms with E-state index in [0.717, 1.165) is 43.0 Å². The lowest BCUT2D eigenvalue weighted by molar-refractivity contribution is 0.102. The van der Waals surface area contributed by atoms with Gasteiger partial charge in [0.2, 0.25) is 0 Å². The molecular weight excluding hydrogens is 316 g/mol. The number of carbonyl (C=O) groups is 1. The molecule has 0 radical (unpaired) electrons. The van der Waals surface area contributed by atoms with Crippen LogP contribution in [0.2, 0.25) is 0 Å². The van der Waals surface area contributed by atoms with Gasteiger partial charge in [0.25, 0.3) is 5.91 Å². The minimum Gasteiger partial charge on any atom is -0.313 e. The van der Waals surface area contributed by atoms with Gasteiger partial charge in [0.05, 0.1) is 0 Å². The van der Waals surface area contributed by atoms with Gasteiger partial charge in [0, 0.05) is 22.5 Å². The predicted molar refractivity (Wildman–Crippen MR) is 102 cm³/mol. The molecule has 1 heterocycles. The Labute approximate surface area is 148 Å². The molecule has 24 heavy (non-hydrogen) atoms. The Morgan fingerprint density at radius 2 is 1.83 bits per heavy atom. The number of aryl methyl sites for hydroxylation is 1. The largest absolute Gasteiger partial charge is 0.313 e. The van der Waals surface area contributed by atoms with E-state index in [1.165, 1.54) is 28.8 Å². The third-order valence-electron chi connectivity index (χ3n) is 4.82. The topological polar surface area (TPSA) is 32.3 Å². The van der Waals surface area contributed by atoms with Crippen LogP contribution in [-0.4, -0.2) is 23.9 Å². The van der Waals surface area contributed by atoms with E-state index >= 15 is 0 Å². The molecule has 2 aromatic rings. The number of thiophene rings is 1. The summed E-state index contributed by atoms with van der Waals surface area (Å²) in [5.74, 6) is -0.00464. The molecule has 1 N–H and O–H groups in total. The summed E-state index contributed by atoms with van der Waals surface area (Å²) in [4.78, 5) is 16.5. The summed E-state index contributed by atoms with van der Waals surface area (Å²) in [6, 6.07) is 9.49. The van der Waals surface area contributed by atoms with Crippen molar-refractivity contribution < 1.29 is 4.79 Å². The van der Waals surface area contributed by atoms with Crippen molar-refractivity contribution in [2.75, 3.05) is 18.4 Å². The number of amides is 1. The zero-order chi connectivity index (χ0) is 16.9. The summed E-state index contributed by atoms with van der Waals surface area (Å²) < 4.78 is 0. The molecule has 1 aliphatic rings. The fourth-order valence-corrected chi connectivity index (χ4v) is 4.63. The molecule has 0 fully saturated rings. The van der Waals surface area contributed by atoms with Gasteiger partial charge in [-0.05, 0) is 56.5 Å². The van der Waals surface area contributed by atoms with Crippen LogP contribution in [-0.2, 0) is 19.4 Å². The van der Waals surface area contributed by atoms with Crippen LogP contribution in [0.4, 0.5) is 5.00 Å². The second-order valence-corrected chi connectivity index (χ2v) is 7.41. The SMILES string of the molecule is CCN(CC)Cc1c(NC(=O)c2ccccc2)sc2c1CCCC2. The van der Waals surface area contributed by atoms with E-state index in [9.17, 15) is 4.79 Å². The van der Waals surface area contributed by atoms with E-state index in [2.05, 4.69) is 24.1 Å². The van der Waals surface area contributed by atoms with E-state index in [1.54, 1.807) is 11.3 Å². The first kappa shape index (κ1) is 17.2. The first-order valence-corrected chi connectivity index (χ1v) is 9.76. The van der Waals surface area contributed by atoms with Gasteiger partial charge in [-0.1, -0.05) is 32.0 Å². The van der Waals surface area contributed by atoms with Gasteiger partial charge in [-0.2, -0.15) is 0 Å². The average molecular weight is 343 g/mol. The van der Waals surface area contributed by atoms with Gasteiger partial charge < -0.3 is 5.32 Å². The van der Waals surface area contributed by atoms with Crippen LogP contribution in [0.25, 0.3) is 0 Å². The Morgan fingerprint density at radius 3 is 2.54 bits per heavy atom. The third-order valence-corrected chi connectivity index (χ3v) is 6.07. The quantitative estimate of drug-likeness (QED) is 0.824. The van der Waals surface area contributed by atoms with Crippen molar-refractivity contribution in [1.29, 1.82) is 0 Å². The zero-order valence-corrected chi connectivity index (χ0v) is 15.4. The predicted octanol–water partition coefficient (Wildman–Crippen LogP) is 4.72. The van der Waals surface area contributed by atoms with Crippen molar-refractivity contribution in [3.05, 3.63) is 51.9 Å². The Bertz CT molecular complexity index is 689. The lowest BCUT2D eigenvalue weighted by Crippen LogP contribution is -2.24. The Hall–Kier alpha value is -1.65. The van der Waals surface area contributed by atoms with Gasteiger partial charge in [-0.3, -0.25) is 9.69 Å². The molecule has 1 aromatic heterocycles. The highest BCUT2D eigenvalue weighted by Crippen LogP contribution is 2.39. The van der Waals surface area contributed by atoms with Crippen molar-refractivity contribution in [1.82, 2.24) is 4.90 Å². The fourth-order valence-electron chi connectivity index (χ4n) is 3.34.